The monoisotopic (exact) mass is 488 g/mol. The Morgan fingerprint density at radius 1 is 0.457 bits per heavy atom. The van der Waals surface area contributed by atoms with Crippen LogP contribution in [0.25, 0.3) is 0 Å². The van der Waals surface area contributed by atoms with Crippen molar-refractivity contribution < 1.29 is 9.47 Å². The first-order valence-electron chi connectivity index (χ1n) is 15.6. The molecule has 0 spiro atoms. The first kappa shape index (κ1) is 27.9. The molecule has 0 aromatic heterocycles. The van der Waals surface area contributed by atoms with Crippen molar-refractivity contribution in [1.82, 2.24) is 0 Å². The number of rotatable bonds is 6. The van der Waals surface area contributed by atoms with Gasteiger partial charge in [-0.15, -0.1) is 0 Å². The normalized spacial score (nSPS) is 37.0. The summed E-state index contributed by atoms with van der Waals surface area (Å²) in [4.78, 5) is 0. The lowest BCUT2D eigenvalue weighted by Crippen LogP contribution is -2.44. The average molecular weight is 489 g/mol. The Bertz CT molecular complexity index is 610. The van der Waals surface area contributed by atoms with Crippen molar-refractivity contribution in [2.24, 2.45) is 28.1 Å². The van der Waals surface area contributed by atoms with Crippen molar-refractivity contribution in [3.63, 3.8) is 0 Å². The molecule has 4 saturated carbocycles. The first-order chi connectivity index (χ1) is 16.2. The molecule has 0 amide bonds. The Hall–Kier alpha value is -0.0800. The van der Waals surface area contributed by atoms with Crippen LogP contribution in [0.2, 0.25) is 0 Å². The van der Waals surface area contributed by atoms with Gasteiger partial charge < -0.3 is 9.47 Å². The maximum atomic E-state index is 6.81. The molecule has 0 aromatic carbocycles. The predicted molar refractivity (Wildman–Crippen MR) is 149 cm³/mol. The van der Waals surface area contributed by atoms with Gasteiger partial charge in [-0.25, -0.2) is 0 Å². The third kappa shape index (κ3) is 7.07. The fraction of sp³-hybridized carbons (Fsp3) is 1.00. The van der Waals surface area contributed by atoms with Crippen LogP contribution in [-0.2, 0) is 9.47 Å². The highest BCUT2D eigenvalue weighted by Gasteiger charge is 2.44. The molecule has 4 rings (SSSR count). The summed E-state index contributed by atoms with van der Waals surface area (Å²) in [5.74, 6) is 1.72. The summed E-state index contributed by atoms with van der Waals surface area (Å²) < 4.78 is 13.6. The van der Waals surface area contributed by atoms with Crippen molar-refractivity contribution in [1.29, 1.82) is 0 Å². The zero-order valence-corrected chi connectivity index (χ0v) is 24.9. The molecule has 4 fully saturated rings. The van der Waals surface area contributed by atoms with Crippen LogP contribution >= 0.6 is 0 Å². The lowest BCUT2D eigenvalue weighted by atomic mass is 9.60. The van der Waals surface area contributed by atoms with Gasteiger partial charge in [0.15, 0.2) is 0 Å². The summed E-state index contributed by atoms with van der Waals surface area (Å²) in [6.45, 7) is 19.7. The summed E-state index contributed by atoms with van der Waals surface area (Å²) in [5, 5.41) is 0. The maximum Gasteiger partial charge on any atom is 0.0658 e. The smallest absolute Gasteiger partial charge is 0.0658 e. The summed E-state index contributed by atoms with van der Waals surface area (Å²) in [7, 11) is 0. The lowest BCUT2D eigenvalue weighted by molar-refractivity contribution is -0.139. The summed E-state index contributed by atoms with van der Waals surface area (Å²) in [6.07, 6.45) is 21.8. The predicted octanol–water partition coefficient (Wildman–Crippen LogP) is 9.88. The minimum absolute atomic E-state index is 0.131. The Labute approximate surface area is 219 Å². The van der Waals surface area contributed by atoms with E-state index in [2.05, 4.69) is 55.4 Å². The first-order valence-corrected chi connectivity index (χ1v) is 15.6. The summed E-state index contributed by atoms with van der Waals surface area (Å²) in [5.41, 5.74) is 1.74. The zero-order valence-electron chi connectivity index (χ0n) is 24.9. The van der Waals surface area contributed by atoms with E-state index < -0.39 is 0 Å². The molecule has 2 nitrogen and oxygen atoms in total. The Balaban J connectivity index is 1.21. The Morgan fingerprint density at radius 3 is 1.03 bits per heavy atom. The van der Waals surface area contributed by atoms with Gasteiger partial charge in [-0.1, -0.05) is 41.5 Å². The second-order valence-corrected chi connectivity index (χ2v) is 16.2. The van der Waals surface area contributed by atoms with Crippen LogP contribution < -0.4 is 0 Å². The van der Waals surface area contributed by atoms with Crippen LogP contribution in [0.5, 0.6) is 0 Å². The van der Waals surface area contributed by atoms with Crippen LogP contribution in [0.1, 0.15) is 158 Å². The van der Waals surface area contributed by atoms with E-state index in [0.29, 0.717) is 28.5 Å². The highest BCUT2D eigenvalue weighted by molar-refractivity contribution is 4.94. The van der Waals surface area contributed by atoms with Gasteiger partial charge in [0.2, 0.25) is 0 Å². The van der Waals surface area contributed by atoms with Gasteiger partial charge in [0.05, 0.1) is 23.4 Å². The van der Waals surface area contributed by atoms with Crippen molar-refractivity contribution in [3.05, 3.63) is 0 Å². The minimum atomic E-state index is 0.131. The van der Waals surface area contributed by atoms with Crippen LogP contribution in [-0.4, -0.2) is 23.4 Å². The molecule has 0 radical (unpaired) electrons. The molecule has 0 bridgehead atoms. The number of hydrogen-bond acceptors (Lipinski definition) is 2. The molecule has 0 unspecified atom stereocenters. The van der Waals surface area contributed by atoms with Crippen molar-refractivity contribution in [2.45, 2.75) is 182 Å². The lowest BCUT2D eigenvalue weighted by Gasteiger charge is -2.49. The largest absolute Gasteiger partial charge is 0.372 e. The number of ether oxygens (including phenoxy) is 2. The molecule has 4 aliphatic carbocycles. The van der Waals surface area contributed by atoms with Crippen molar-refractivity contribution in [2.75, 3.05) is 0 Å². The van der Waals surface area contributed by atoms with Gasteiger partial charge in [0.1, 0.15) is 0 Å². The van der Waals surface area contributed by atoms with E-state index in [4.69, 9.17) is 9.47 Å². The van der Waals surface area contributed by atoms with Crippen LogP contribution in [0, 0.1) is 28.1 Å². The third-order valence-electron chi connectivity index (χ3n) is 11.7. The molecular formula is C33H60O2. The molecule has 4 aliphatic rings. The van der Waals surface area contributed by atoms with Crippen molar-refractivity contribution in [3.8, 4) is 0 Å². The van der Waals surface area contributed by atoms with E-state index >= 15 is 0 Å². The summed E-state index contributed by atoms with van der Waals surface area (Å²) >= 11 is 0. The quantitative estimate of drug-likeness (QED) is 0.370. The standard InChI is InChI=1S/C33H60O2/c1-29(2)17-21-32(7,22-18-29)34-27-13-9-25(10-14-27)31(5,6)26-11-15-28(16-12-26)35-33(8)23-19-30(3,4)20-24-33/h25-28H,9-24H2,1-8H3. The van der Waals surface area contributed by atoms with E-state index in [1.165, 1.54) is 103 Å². The topological polar surface area (TPSA) is 18.5 Å². The second-order valence-electron chi connectivity index (χ2n) is 16.2. The van der Waals surface area contributed by atoms with Gasteiger partial charge in [-0.3, -0.25) is 0 Å². The van der Waals surface area contributed by atoms with Crippen molar-refractivity contribution >= 4 is 0 Å². The van der Waals surface area contributed by atoms with Crippen LogP contribution in [0.3, 0.4) is 0 Å². The SMILES string of the molecule is CC1(C)CCC(C)(OC2CCC(C(C)(C)C3CCC(OC4(C)CCC(C)(C)CC4)CC3)CC2)CC1. The maximum absolute atomic E-state index is 6.81. The van der Waals surface area contributed by atoms with Crippen LogP contribution in [0.4, 0.5) is 0 Å². The molecule has 0 aliphatic heterocycles. The Kier molecular flexibility index (Phi) is 8.17. The fourth-order valence-corrected chi connectivity index (χ4v) is 8.13. The highest BCUT2D eigenvalue weighted by atomic mass is 16.5. The molecule has 0 N–H and O–H groups in total. The second kappa shape index (κ2) is 10.2. The van der Waals surface area contributed by atoms with Gasteiger partial charge in [-0.05, 0) is 145 Å². The van der Waals surface area contributed by atoms with Gasteiger partial charge in [0, 0.05) is 0 Å². The van der Waals surface area contributed by atoms with Crippen LogP contribution in [0.15, 0.2) is 0 Å². The van der Waals surface area contributed by atoms with E-state index in [-0.39, 0.29) is 11.2 Å². The van der Waals surface area contributed by atoms with E-state index in [0.717, 1.165) is 11.8 Å². The molecule has 35 heavy (non-hydrogen) atoms. The van der Waals surface area contributed by atoms with Gasteiger partial charge in [-0.2, -0.15) is 0 Å². The third-order valence-corrected chi connectivity index (χ3v) is 11.7. The fourth-order valence-electron chi connectivity index (χ4n) is 8.13. The van der Waals surface area contributed by atoms with Gasteiger partial charge >= 0.3 is 0 Å². The van der Waals surface area contributed by atoms with E-state index in [1.54, 1.807) is 0 Å². The summed E-state index contributed by atoms with van der Waals surface area (Å²) in [6, 6.07) is 0. The molecule has 204 valence electrons. The minimum Gasteiger partial charge on any atom is -0.372 e. The molecule has 0 saturated heterocycles. The molecular weight excluding hydrogens is 428 g/mol. The van der Waals surface area contributed by atoms with Gasteiger partial charge in [0.25, 0.3) is 0 Å². The zero-order chi connectivity index (χ0) is 25.5. The molecule has 0 atom stereocenters. The van der Waals surface area contributed by atoms with E-state index in [9.17, 15) is 0 Å². The average Bonchev–Trinajstić information content (AvgIpc) is 2.79. The Morgan fingerprint density at radius 2 is 0.743 bits per heavy atom. The molecule has 2 heteroatoms. The highest BCUT2D eigenvalue weighted by Crippen LogP contribution is 2.51. The molecule has 0 heterocycles. The number of hydrogen-bond donors (Lipinski definition) is 0. The van der Waals surface area contributed by atoms with E-state index in [1.807, 2.05) is 0 Å². The molecule has 0 aromatic rings.